The van der Waals surface area contributed by atoms with Crippen molar-refractivity contribution in [3.05, 3.63) is 11.9 Å². The lowest BCUT2D eigenvalue weighted by atomic mass is 10.0. The third kappa shape index (κ3) is 2.51. The molecule has 0 aromatic carbocycles. The SMILES string of the molecule is CC1(C)COCCN1C(=O)c1cn(CCN)nn1. The first-order valence-electron chi connectivity index (χ1n) is 6.04. The Bertz CT molecular complexity index is 429. The molecule has 2 N–H and O–H groups in total. The van der Waals surface area contributed by atoms with Gasteiger partial charge in [-0.2, -0.15) is 0 Å². The maximum absolute atomic E-state index is 12.4. The highest BCUT2D eigenvalue weighted by Crippen LogP contribution is 2.20. The fourth-order valence-electron chi connectivity index (χ4n) is 2.01. The van der Waals surface area contributed by atoms with Gasteiger partial charge in [0.05, 0.1) is 31.5 Å². The molecule has 100 valence electrons. The molecule has 0 aliphatic carbocycles. The van der Waals surface area contributed by atoms with E-state index in [0.717, 1.165) is 0 Å². The van der Waals surface area contributed by atoms with E-state index in [4.69, 9.17) is 10.5 Å². The Hall–Kier alpha value is -1.47. The molecule has 0 radical (unpaired) electrons. The van der Waals surface area contributed by atoms with Crippen molar-refractivity contribution in [3.63, 3.8) is 0 Å². The maximum atomic E-state index is 12.4. The molecule has 1 fully saturated rings. The van der Waals surface area contributed by atoms with Crippen molar-refractivity contribution in [1.82, 2.24) is 19.9 Å². The van der Waals surface area contributed by atoms with Crippen LogP contribution in [0.5, 0.6) is 0 Å². The molecule has 7 heteroatoms. The van der Waals surface area contributed by atoms with Crippen LogP contribution in [0, 0.1) is 0 Å². The first kappa shape index (κ1) is 13.0. The molecule has 1 saturated heterocycles. The summed E-state index contributed by atoms with van der Waals surface area (Å²) in [5.74, 6) is -0.105. The van der Waals surface area contributed by atoms with Crippen LogP contribution in [0.3, 0.4) is 0 Å². The summed E-state index contributed by atoms with van der Waals surface area (Å²) >= 11 is 0. The zero-order valence-corrected chi connectivity index (χ0v) is 10.8. The Kier molecular flexibility index (Phi) is 3.63. The highest BCUT2D eigenvalue weighted by atomic mass is 16.5. The number of carbonyl (C=O) groups is 1. The summed E-state index contributed by atoms with van der Waals surface area (Å²) in [5, 5.41) is 7.78. The number of morpholine rings is 1. The van der Waals surface area contributed by atoms with Crippen molar-refractivity contribution in [1.29, 1.82) is 0 Å². The highest BCUT2D eigenvalue weighted by Gasteiger charge is 2.35. The fraction of sp³-hybridized carbons (Fsp3) is 0.727. The van der Waals surface area contributed by atoms with Crippen LogP contribution in [0.4, 0.5) is 0 Å². The molecule has 1 aliphatic heterocycles. The predicted molar refractivity (Wildman–Crippen MR) is 65.0 cm³/mol. The van der Waals surface area contributed by atoms with Gasteiger partial charge < -0.3 is 15.4 Å². The van der Waals surface area contributed by atoms with Crippen LogP contribution < -0.4 is 5.73 Å². The minimum absolute atomic E-state index is 0.105. The van der Waals surface area contributed by atoms with Crippen LogP contribution in [0.1, 0.15) is 24.3 Å². The quantitative estimate of drug-likeness (QED) is 0.784. The zero-order chi connectivity index (χ0) is 13.2. The van der Waals surface area contributed by atoms with Gasteiger partial charge in [0.15, 0.2) is 5.69 Å². The number of carbonyl (C=O) groups excluding carboxylic acids is 1. The van der Waals surface area contributed by atoms with Gasteiger partial charge in [-0.15, -0.1) is 5.10 Å². The van der Waals surface area contributed by atoms with Crippen LogP contribution in [-0.2, 0) is 11.3 Å². The van der Waals surface area contributed by atoms with E-state index in [0.29, 0.717) is 38.5 Å². The molecule has 1 aromatic heterocycles. The monoisotopic (exact) mass is 253 g/mol. The number of rotatable bonds is 3. The molecule has 0 bridgehead atoms. The molecule has 0 atom stereocenters. The van der Waals surface area contributed by atoms with Gasteiger partial charge in [-0.05, 0) is 13.8 Å². The maximum Gasteiger partial charge on any atom is 0.276 e. The van der Waals surface area contributed by atoms with E-state index >= 15 is 0 Å². The van der Waals surface area contributed by atoms with Gasteiger partial charge in [-0.1, -0.05) is 5.21 Å². The van der Waals surface area contributed by atoms with E-state index in [-0.39, 0.29) is 11.4 Å². The van der Waals surface area contributed by atoms with Crippen LogP contribution >= 0.6 is 0 Å². The topological polar surface area (TPSA) is 86.3 Å². The third-order valence-corrected chi connectivity index (χ3v) is 3.01. The van der Waals surface area contributed by atoms with Crippen molar-refractivity contribution in [2.45, 2.75) is 25.9 Å². The van der Waals surface area contributed by atoms with Gasteiger partial charge in [-0.3, -0.25) is 9.48 Å². The van der Waals surface area contributed by atoms with Crippen molar-refractivity contribution < 1.29 is 9.53 Å². The standard InChI is InChI=1S/C11H19N5O2/c1-11(2)8-18-6-5-16(11)10(17)9-7-15(4-3-12)14-13-9/h7H,3-6,8,12H2,1-2H3. The van der Waals surface area contributed by atoms with E-state index in [2.05, 4.69) is 10.3 Å². The van der Waals surface area contributed by atoms with Crippen LogP contribution in [-0.4, -0.2) is 57.6 Å². The second-order valence-electron chi connectivity index (χ2n) is 4.98. The van der Waals surface area contributed by atoms with Crippen LogP contribution in [0.25, 0.3) is 0 Å². The molecule has 2 rings (SSSR count). The Morgan fingerprint density at radius 2 is 2.39 bits per heavy atom. The summed E-state index contributed by atoms with van der Waals surface area (Å²) in [4.78, 5) is 14.1. The number of nitrogens with zero attached hydrogens (tertiary/aromatic N) is 4. The summed E-state index contributed by atoms with van der Waals surface area (Å²) in [6.07, 6.45) is 1.64. The Labute approximate surface area is 106 Å². The average Bonchev–Trinajstić information content (AvgIpc) is 2.77. The van der Waals surface area contributed by atoms with Gasteiger partial charge in [0.25, 0.3) is 5.91 Å². The van der Waals surface area contributed by atoms with Crippen LogP contribution in [0.2, 0.25) is 0 Å². The summed E-state index contributed by atoms with van der Waals surface area (Å²) in [5.41, 5.74) is 5.48. The lowest BCUT2D eigenvalue weighted by molar-refractivity contribution is -0.0373. The van der Waals surface area contributed by atoms with E-state index in [1.54, 1.807) is 15.8 Å². The number of hydrogen-bond acceptors (Lipinski definition) is 5. The second-order valence-corrected chi connectivity index (χ2v) is 4.98. The molecule has 18 heavy (non-hydrogen) atoms. The number of ether oxygens (including phenoxy) is 1. The smallest absolute Gasteiger partial charge is 0.276 e. The van der Waals surface area contributed by atoms with Gasteiger partial charge in [-0.25, -0.2) is 0 Å². The lowest BCUT2D eigenvalue weighted by Gasteiger charge is -2.41. The lowest BCUT2D eigenvalue weighted by Crippen LogP contribution is -2.55. The first-order valence-corrected chi connectivity index (χ1v) is 6.04. The van der Waals surface area contributed by atoms with E-state index in [1.807, 2.05) is 13.8 Å². The second kappa shape index (κ2) is 5.03. The van der Waals surface area contributed by atoms with Gasteiger partial charge in [0.1, 0.15) is 0 Å². The molecule has 7 nitrogen and oxygen atoms in total. The first-order chi connectivity index (χ1) is 8.54. The normalized spacial score (nSPS) is 18.9. The van der Waals surface area contributed by atoms with Gasteiger partial charge in [0.2, 0.25) is 0 Å². The van der Waals surface area contributed by atoms with E-state index in [1.165, 1.54) is 0 Å². The molecule has 2 heterocycles. The summed E-state index contributed by atoms with van der Waals surface area (Å²) < 4.78 is 6.98. The summed E-state index contributed by atoms with van der Waals surface area (Å²) in [6, 6.07) is 0. The van der Waals surface area contributed by atoms with E-state index in [9.17, 15) is 4.79 Å². The Morgan fingerprint density at radius 1 is 1.61 bits per heavy atom. The highest BCUT2D eigenvalue weighted by molar-refractivity contribution is 5.92. The van der Waals surface area contributed by atoms with Gasteiger partial charge in [0, 0.05) is 13.1 Å². The third-order valence-electron chi connectivity index (χ3n) is 3.01. The molecule has 1 aromatic rings. The number of amides is 1. The van der Waals surface area contributed by atoms with Crippen molar-refractivity contribution >= 4 is 5.91 Å². The number of aromatic nitrogens is 3. The molecular weight excluding hydrogens is 234 g/mol. The zero-order valence-electron chi connectivity index (χ0n) is 10.8. The molecular formula is C11H19N5O2. The molecule has 0 unspecified atom stereocenters. The predicted octanol–water partition coefficient (Wildman–Crippen LogP) is -0.512. The molecule has 0 spiro atoms. The van der Waals surface area contributed by atoms with Crippen molar-refractivity contribution in [2.75, 3.05) is 26.3 Å². The Balaban J connectivity index is 2.14. The number of hydrogen-bond donors (Lipinski definition) is 1. The minimum atomic E-state index is -0.313. The van der Waals surface area contributed by atoms with Crippen molar-refractivity contribution in [2.24, 2.45) is 5.73 Å². The van der Waals surface area contributed by atoms with Crippen molar-refractivity contribution in [3.8, 4) is 0 Å². The summed E-state index contributed by atoms with van der Waals surface area (Å²) in [6.45, 7) is 6.67. The minimum Gasteiger partial charge on any atom is -0.377 e. The molecule has 1 aliphatic rings. The number of nitrogens with two attached hydrogens (primary N) is 1. The molecule has 1 amide bonds. The van der Waals surface area contributed by atoms with E-state index < -0.39 is 0 Å². The summed E-state index contributed by atoms with van der Waals surface area (Å²) in [7, 11) is 0. The molecule has 0 saturated carbocycles. The Morgan fingerprint density at radius 3 is 3.06 bits per heavy atom. The fourth-order valence-corrected chi connectivity index (χ4v) is 2.01. The van der Waals surface area contributed by atoms with Crippen LogP contribution in [0.15, 0.2) is 6.20 Å². The average molecular weight is 253 g/mol. The van der Waals surface area contributed by atoms with Gasteiger partial charge >= 0.3 is 0 Å². The largest absolute Gasteiger partial charge is 0.377 e.